The minimum Gasteiger partial charge on any atom is -0.512 e. The van der Waals surface area contributed by atoms with Crippen LogP contribution in [0.2, 0.25) is 0 Å². The Morgan fingerprint density at radius 1 is 1.44 bits per heavy atom. The quantitative estimate of drug-likeness (QED) is 0.555. The molecule has 3 nitrogen and oxygen atoms in total. The highest BCUT2D eigenvalue weighted by Gasteiger charge is 2.18. The lowest BCUT2D eigenvalue weighted by atomic mass is 10.2. The second-order valence-electron chi connectivity index (χ2n) is 2.08. The third-order valence-corrected chi connectivity index (χ3v) is 1.45. The van der Waals surface area contributed by atoms with Crippen molar-refractivity contribution in [2.24, 2.45) is 0 Å². The van der Waals surface area contributed by atoms with Gasteiger partial charge in [0.2, 0.25) is 0 Å². The molecule has 0 atom stereocenters. The van der Waals surface area contributed by atoms with E-state index in [0.717, 1.165) is 6.42 Å². The van der Waals surface area contributed by atoms with Gasteiger partial charge in [-0.2, -0.15) is 0 Å². The predicted octanol–water partition coefficient (Wildman–Crippen LogP) is 1.07. The molecule has 0 amide bonds. The van der Waals surface area contributed by atoms with Crippen LogP contribution in [-0.4, -0.2) is 16.2 Å². The summed E-state index contributed by atoms with van der Waals surface area (Å²) < 4.78 is 0. The molecule has 1 rings (SSSR count). The summed E-state index contributed by atoms with van der Waals surface area (Å²) in [6.07, 6.45) is 1.82. The van der Waals surface area contributed by atoms with Gasteiger partial charge in [-0.05, 0) is 12.8 Å². The summed E-state index contributed by atoms with van der Waals surface area (Å²) in [6, 6.07) is 0. The third kappa shape index (κ3) is 1.04. The Kier molecular flexibility index (Phi) is 1.42. The summed E-state index contributed by atoms with van der Waals surface area (Å²) in [5.74, 6) is -0.924. The molecule has 0 aromatic rings. The second kappa shape index (κ2) is 2.09. The Morgan fingerprint density at radius 2 is 2.11 bits per heavy atom. The molecule has 0 aromatic carbocycles. The zero-order valence-electron chi connectivity index (χ0n) is 4.92. The van der Waals surface area contributed by atoms with Crippen LogP contribution in [0.15, 0.2) is 11.3 Å². The maximum absolute atomic E-state index is 10.2. The first kappa shape index (κ1) is 6.13. The zero-order chi connectivity index (χ0) is 6.85. The Morgan fingerprint density at radius 3 is 2.33 bits per heavy atom. The van der Waals surface area contributed by atoms with E-state index in [0.29, 0.717) is 12.8 Å². The summed E-state index contributed by atoms with van der Waals surface area (Å²) in [5, 5.41) is 17.2. The van der Waals surface area contributed by atoms with Crippen LogP contribution in [0.1, 0.15) is 19.3 Å². The van der Waals surface area contributed by atoms with Gasteiger partial charge in [-0.25, -0.2) is 4.79 Å². The topological polar surface area (TPSA) is 57.5 Å². The highest BCUT2D eigenvalue weighted by molar-refractivity contribution is 5.87. The van der Waals surface area contributed by atoms with E-state index in [1.54, 1.807) is 0 Å². The number of carboxylic acid groups (broad SMARTS) is 1. The molecular formula is C6H8O3. The molecule has 9 heavy (non-hydrogen) atoms. The first-order valence-electron chi connectivity index (χ1n) is 2.86. The molecule has 0 aromatic heterocycles. The maximum atomic E-state index is 10.2. The highest BCUT2D eigenvalue weighted by Crippen LogP contribution is 2.23. The molecule has 0 radical (unpaired) electrons. The van der Waals surface area contributed by atoms with E-state index in [1.165, 1.54) is 0 Å². The molecule has 0 unspecified atom stereocenters. The minimum atomic E-state index is -0.981. The summed E-state index contributed by atoms with van der Waals surface area (Å²) in [6.45, 7) is 0. The van der Waals surface area contributed by atoms with Crippen molar-refractivity contribution >= 4 is 5.97 Å². The van der Waals surface area contributed by atoms with Crippen LogP contribution in [0.5, 0.6) is 0 Å². The smallest absolute Gasteiger partial charge is 0.334 e. The van der Waals surface area contributed by atoms with Crippen molar-refractivity contribution in [2.45, 2.75) is 19.3 Å². The maximum Gasteiger partial charge on any atom is 0.334 e. The molecule has 0 heterocycles. The van der Waals surface area contributed by atoms with Crippen molar-refractivity contribution in [2.75, 3.05) is 0 Å². The lowest BCUT2D eigenvalue weighted by molar-refractivity contribution is -0.132. The van der Waals surface area contributed by atoms with Crippen molar-refractivity contribution in [1.82, 2.24) is 0 Å². The van der Waals surface area contributed by atoms with Crippen molar-refractivity contribution in [3.05, 3.63) is 11.3 Å². The number of rotatable bonds is 1. The van der Waals surface area contributed by atoms with Crippen molar-refractivity contribution in [3.8, 4) is 0 Å². The first-order valence-corrected chi connectivity index (χ1v) is 2.86. The molecule has 3 heteroatoms. The molecule has 0 bridgehead atoms. The van der Waals surface area contributed by atoms with E-state index in [1.807, 2.05) is 0 Å². The van der Waals surface area contributed by atoms with Crippen LogP contribution in [-0.2, 0) is 4.79 Å². The van der Waals surface area contributed by atoms with Crippen LogP contribution in [0.25, 0.3) is 0 Å². The van der Waals surface area contributed by atoms with Gasteiger partial charge in [0.15, 0.2) is 0 Å². The first-order chi connectivity index (χ1) is 4.22. The summed E-state index contributed by atoms with van der Waals surface area (Å²) in [7, 11) is 0. The Labute approximate surface area is 52.6 Å². The van der Waals surface area contributed by atoms with Crippen molar-refractivity contribution in [3.63, 3.8) is 0 Å². The third-order valence-electron chi connectivity index (χ3n) is 1.45. The lowest BCUT2D eigenvalue weighted by Crippen LogP contribution is -1.98. The molecule has 2 N–H and O–H groups in total. The molecular weight excluding hydrogens is 120 g/mol. The number of aliphatic hydroxyl groups excluding tert-OH is 1. The molecule has 50 valence electrons. The fourth-order valence-corrected chi connectivity index (χ4v) is 0.958. The minimum absolute atomic E-state index is 0.0579. The number of allylic oxidation sites excluding steroid dienone is 1. The summed E-state index contributed by atoms with van der Waals surface area (Å²) in [5.41, 5.74) is 0.190. The number of carbonyl (C=O) groups is 1. The van der Waals surface area contributed by atoms with Crippen LogP contribution in [0, 0.1) is 0 Å². The second-order valence-corrected chi connectivity index (χ2v) is 2.08. The van der Waals surface area contributed by atoms with Gasteiger partial charge in [0.25, 0.3) is 0 Å². The van der Waals surface area contributed by atoms with Gasteiger partial charge in [-0.15, -0.1) is 0 Å². The number of hydrogen-bond donors (Lipinski definition) is 2. The Balaban J connectivity index is 2.78. The number of aliphatic carboxylic acids is 1. The molecule has 0 saturated carbocycles. The SMILES string of the molecule is O=C(O)C1=C(O)CCC1. The summed E-state index contributed by atoms with van der Waals surface area (Å²) >= 11 is 0. The molecule has 1 aliphatic rings. The lowest BCUT2D eigenvalue weighted by Gasteiger charge is -1.91. The van der Waals surface area contributed by atoms with E-state index in [9.17, 15) is 4.79 Å². The fourth-order valence-electron chi connectivity index (χ4n) is 0.958. The highest BCUT2D eigenvalue weighted by atomic mass is 16.4. The van der Waals surface area contributed by atoms with Crippen LogP contribution < -0.4 is 0 Å². The van der Waals surface area contributed by atoms with Crippen molar-refractivity contribution in [1.29, 1.82) is 0 Å². The zero-order valence-corrected chi connectivity index (χ0v) is 4.92. The van der Waals surface area contributed by atoms with Gasteiger partial charge < -0.3 is 10.2 Å². The molecule has 0 saturated heterocycles. The van der Waals surface area contributed by atoms with Gasteiger partial charge >= 0.3 is 5.97 Å². The van der Waals surface area contributed by atoms with E-state index >= 15 is 0 Å². The normalized spacial score (nSPS) is 18.7. The monoisotopic (exact) mass is 128 g/mol. The van der Waals surface area contributed by atoms with Gasteiger partial charge in [0.1, 0.15) is 5.76 Å². The van der Waals surface area contributed by atoms with Crippen molar-refractivity contribution < 1.29 is 15.0 Å². The Bertz CT molecular complexity index is 169. The average molecular weight is 128 g/mol. The largest absolute Gasteiger partial charge is 0.512 e. The number of carboxylic acids is 1. The predicted molar refractivity (Wildman–Crippen MR) is 31.1 cm³/mol. The standard InChI is InChI=1S/C6H8O3/c7-5-3-1-2-4(5)6(8)9/h7H,1-3H2,(H,8,9). The van der Waals surface area contributed by atoms with E-state index < -0.39 is 5.97 Å². The Hall–Kier alpha value is -0.990. The molecule has 1 aliphatic carbocycles. The fraction of sp³-hybridized carbons (Fsp3) is 0.500. The molecule has 0 aliphatic heterocycles. The van der Waals surface area contributed by atoms with Gasteiger partial charge in [-0.1, -0.05) is 0 Å². The average Bonchev–Trinajstić information content (AvgIpc) is 2.13. The van der Waals surface area contributed by atoms with Crippen LogP contribution in [0.4, 0.5) is 0 Å². The van der Waals surface area contributed by atoms with Gasteiger partial charge in [-0.3, -0.25) is 0 Å². The van der Waals surface area contributed by atoms with E-state index in [-0.39, 0.29) is 11.3 Å². The number of hydrogen-bond acceptors (Lipinski definition) is 2. The number of aliphatic hydroxyl groups is 1. The van der Waals surface area contributed by atoms with Crippen LogP contribution >= 0.6 is 0 Å². The van der Waals surface area contributed by atoms with Gasteiger partial charge in [0.05, 0.1) is 5.57 Å². The van der Waals surface area contributed by atoms with E-state index in [2.05, 4.69) is 0 Å². The molecule has 0 fully saturated rings. The van der Waals surface area contributed by atoms with Gasteiger partial charge in [0, 0.05) is 6.42 Å². The summed E-state index contributed by atoms with van der Waals surface area (Å²) in [4.78, 5) is 10.2. The van der Waals surface area contributed by atoms with E-state index in [4.69, 9.17) is 10.2 Å². The van der Waals surface area contributed by atoms with Crippen LogP contribution in [0.3, 0.4) is 0 Å². The molecule has 0 spiro atoms.